The van der Waals surface area contributed by atoms with Crippen LogP contribution in [0.3, 0.4) is 0 Å². The van der Waals surface area contributed by atoms with Gasteiger partial charge in [0, 0.05) is 25.5 Å². The molecular weight excluding hydrogens is 282 g/mol. The smallest absolute Gasteiger partial charge is 0.269 e. The molecule has 0 saturated heterocycles. The zero-order valence-corrected chi connectivity index (χ0v) is 11.6. The first kappa shape index (κ1) is 13.6. The number of rotatable bonds is 5. The second-order valence-electron chi connectivity index (χ2n) is 4.50. The number of H-pyrrole nitrogens is 1. The lowest BCUT2D eigenvalue weighted by Gasteiger charge is -2.05. The predicted octanol–water partition coefficient (Wildman–Crippen LogP) is 0.771. The summed E-state index contributed by atoms with van der Waals surface area (Å²) in [7, 11) is 0. The summed E-state index contributed by atoms with van der Waals surface area (Å²) < 4.78 is 1.71. The highest BCUT2D eigenvalue weighted by atomic mass is 16.1. The molecule has 0 aliphatic heterocycles. The number of aromatic amines is 1. The molecule has 0 unspecified atom stereocenters. The molecule has 3 aromatic heterocycles. The van der Waals surface area contributed by atoms with Gasteiger partial charge in [0.15, 0.2) is 11.5 Å². The third-order valence-corrected chi connectivity index (χ3v) is 3.08. The number of carbonyl (C=O) groups excluding carboxylic acids is 1. The van der Waals surface area contributed by atoms with E-state index < -0.39 is 0 Å². The topological polar surface area (TPSA) is 111 Å². The summed E-state index contributed by atoms with van der Waals surface area (Å²) in [5.74, 6) is 0.277. The van der Waals surface area contributed by atoms with Gasteiger partial charge in [0.1, 0.15) is 17.4 Å². The van der Waals surface area contributed by atoms with Crippen molar-refractivity contribution in [1.82, 2.24) is 24.9 Å². The number of nitrogens with one attached hydrogen (secondary N) is 3. The molecule has 8 heteroatoms. The Balaban J connectivity index is 1.60. The maximum Gasteiger partial charge on any atom is 0.269 e. The molecule has 0 saturated carbocycles. The fourth-order valence-electron chi connectivity index (χ4n) is 2.06. The van der Waals surface area contributed by atoms with Crippen LogP contribution in [0, 0.1) is 11.3 Å². The highest BCUT2D eigenvalue weighted by Crippen LogP contribution is 2.15. The van der Waals surface area contributed by atoms with Gasteiger partial charge in [0.25, 0.3) is 5.91 Å². The number of anilines is 1. The van der Waals surface area contributed by atoms with Crippen LogP contribution in [-0.4, -0.2) is 38.6 Å². The van der Waals surface area contributed by atoms with Crippen molar-refractivity contribution in [3.63, 3.8) is 0 Å². The van der Waals surface area contributed by atoms with E-state index in [2.05, 4.69) is 31.9 Å². The van der Waals surface area contributed by atoms with Gasteiger partial charge in [0.05, 0.1) is 0 Å². The molecule has 3 heterocycles. The molecule has 0 aliphatic carbocycles. The Kier molecular flexibility index (Phi) is 3.70. The van der Waals surface area contributed by atoms with E-state index in [-0.39, 0.29) is 5.91 Å². The fraction of sp³-hybridized carbons (Fsp3) is 0.143. The maximum absolute atomic E-state index is 11.7. The molecular formula is C14H13N7O. The third kappa shape index (κ3) is 2.60. The van der Waals surface area contributed by atoms with Crippen LogP contribution in [0.15, 0.2) is 36.7 Å². The first-order valence-electron chi connectivity index (χ1n) is 6.68. The summed E-state index contributed by atoms with van der Waals surface area (Å²) in [6.45, 7) is 0.856. The van der Waals surface area contributed by atoms with Gasteiger partial charge in [-0.3, -0.25) is 14.3 Å². The lowest BCUT2D eigenvalue weighted by atomic mass is 10.4. The van der Waals surface area contributed by atoms with Crippen molar-refractivity contribution >= 4 is 17.4 Å². The maximum atomic E-state index is 11.7. The van der Waals surface area contributed by atoms with Crippen molar-refractivity contribution in [2.75, 3.05) is 18.4 Å². The summed E-state index contributed by atoms with van der Waals surface area (Å²) in [6.07, 6.45) is 3.30. The molecule has 3 rings (SSSR count). The predicted molar refractivity (Wildman–Crippen MR) is 79.3 cm³/mol. The average Bonchev–Trinajstić information content (AvgIpc) is 3.18. The Morgan fingerprint density at radius 3 is 3.05 bits per heavy atom. The Hall–Kier alpha value is -3.34. The number of hydrogen-bond acceptors (Lipinski definition) is 5. The molecule has 0 radical (unpaired) electrons. The average molecular weight is 295 g/mol. The molecule has 0 atom stereocenters. The van der Waals surface area contributed by atoms with E-state index in [0.29, 0.717) is 35.9 Å². The van der Waals surface area contributed by atoms with Crippen molar-refractivity contribution in [2.45, 2.75) is 0 Å². The highest BCUT2D eigenvalue weighted by Gasteiger charge is 2.11. The Bertz CT molecular complexity index is 829. The van der Waals surface area contributed by atoms with Crippen LogP contribution >= 0.6 is 0 Å². The molecule has 110 valence electrons. The van der Waals surface area contributed by atoms with E-state index >= 15 is 0 Å². The van der Waals surface area contributed by atoms with Crippen molar-refractivity contribution < 1.29 is 4.79 Å². The first-order chi connectivity index (χ1) is 10.8. The van der Waals surface area contributed by atoms with Crippen LogP contribution in [0.2, 0.25) is 0 Å². The van der Waals surface area contributed by atoms with Gasteiger partial charge < -0.3 is 10.6 Å². The minimum absolute atomic E-state index is 0.227. The quantitative estimate of drug-likeness (QED) is 0.602. The standard InChI is InChI=1S/C14H13N7O/c15-9-11-13(19-12-3-1-2-8-21(11)12)16-6-7-17-14(22)10-4-5-18-20-10/h1-5,8,16H,6-7H2,(H,17,22)(H,18,20). The summed E-state index contributed by atoms with van der Waals surface area (Å²) in [5.41, 5.74) is 1.55. The van der Waals surface area contributed by atoms with Gasteiger partial charge >= 0.3 is 0 Å². The van der Waals surface area contributed by atoms with Crippen LogP contribution < -0.4 is 10.6 Å². The van der Waals surface area contributed by atoms with E-state index in [1.807, 2.05) is 18.2 Å². The second kappa shape index (κ2) is 5.97. The molecule has 0 aromatic carbocycles. The number of pyridine rings is 1. The normalized spacial score (nSPS) is 10.3. The zero-order valence-electron chi connectivity index (χ0n) is 11.6. The largest absolute Gasteiger partial charge is 0.366 e. The first-order valence-corrected chi connectivity index (χ1v) is 6.68. The number of amides is 1. The highest BCUT2D eigenvalue weighted by molar-refractivity contribution is 5.92. The number of fused-ring (bicyclic) bond motifs is 1. The zero-order chi connectivity index (χ0) is 15.4. The molecule has 0 aliphatic rings. The monoisotopic (exact) mass is 295 g/mol. The van der Waals surface area contributed by atoms with Crippen LogP contribution in [0.25, 0.3) is 5.65 Å². The summed E-state index contributed by atoms with van der Waals surface area (Å²) in [6, 6.07) is 9.25. The third-order valence-electron chi connectivity index (χ3n) is 3.08. The second-order valence-corrected chi connectivity index (χ2v) is 4.50. The van der Waals surface area contributed by atoms with Gasteiger partial charge in [-0.2, -0.15) is 10.4 Å². The van der Waals surface area contributed by atoms with Crippen LogP contribution in [0.1, 0.15) is 16.2 Å². The van der Waals surface area contributed by atoms with Crippen LogP contribution in [0.5, 0.6) is 0 Å². The molecule has 22 heavy (non-hydrogen) atoms. The van der Waals surface area contributed by atoms with Crippen molar-refractivity contribution in [1.29, 1.82) is 5.26 Å². The number of hydrogen-bond donors (Lipinski definition) is 3. The molecule has 1 amide bonds. The lowest BCUT2D eigenvalue weighted by Crippen LogP contribution is -2.29. The van der Waals surface area contributed by atoms with E-state index in [4.69, 9.17) is 0 Å². The molecule has 3 aromatic rings. The van der Waals surface area contributed by atoms with Crippen molar-refractivity contribution in [3.8, 4) is 6.07 Å². The summed E-state index contributed by atoms with van der Waals surface area (Å²) >= 11 is 0. The number of nitriles is 1. The van der Waals surface area contributed by atoms with Gasteiger partial charge in [-0.05, 0) is 18.2 Å². The van der Waals surface area contributed by atoms with E-state index in [9.17, 15) is 10.1 Å². The number of carbonyl (C=O) groups is 1. The van der Waals surface area contributed by atoms with Crippen LogP contribution in [0.4, 0.5) is 5.82 Å². The van der Waals surface area contributed by atoms with E-state index in [1.165, 1.54) is 6.20 Å². The lowest BCUT2D eigenvalue weighted by molar-refractivity contribution is 0.0950. The summed E-state index contributed by atoms with van der Waals surface area (Å²) in [5, 5.41) is 21.3. The minimum Gasteiger partial charge on any atom is -0.366 e. The molecule has 8 nitrogen and oxygen atoms in total. The Morgan fingerprint density at radius 2 is 2.27 bits per heavy atom. The van der Waals surface area contributed by atoms with Gasteiger partial charge in [-0.1, -0.05) is 6.07 Å². The van der Waals surface area contributed by atoms with E-state index in [1.54, 1.807) is 16.7 Å². The fourth-order valence-corrected chi connectivity index (χ4v) is 2.06. The molecule has 0 spiro atoms. The van der Waals surface area contributed by atoms with Crippen molar-refractivity contribution in [2.24, 2.45) is 0 Å². The van der Waals surface area contributed by atoms with Gasteiger partial charge in [-0.25, -0.2) is 4.98 Å². The Labute approximate surface area is 125 Å². The molecule has 3 N–H and O–H groups in total. The Morgan fingerprint density at radius 1 is 1.36 bits per heavy atom. The molecule has 0 bridgehead atoms. The minimum atomic E-state index is -0.227. The van der Waals surface area contributed by atoms with Gasteiger partial charge in [0.2, 0.25) is 0 Å². The number of aromatic nitrogens is 4. The number of nitrogens with zero attached hydrogens (tertiary/aromatic N) is 4. The van der Waals surface area contributed by atoms with Crippen LogP contribution in [-0.2, 0) is 0 Å². The summed E-state index contributed by atoms with van der Waals surface area (Å²) in [4.78, 5) is 16.0. The number of imidazole rings is 1. The SMILES string of the molecule is N#Cc1c(NCCNC(=O)c2ccn[nH]2)nc2ccccn12. The van der Waals surface area contributed by atoms with Crippen molar-refractivity contribution in [3.05, 3.63) is 48.0 Å². The van der Waals surface area contributed by atoms with Gasteiger partial charge in [-0.15, -0.1) is 0 Å². The van der Waals surface area contributed by atoms with E-state index in [0.717, 1.165) is 0 Å². The molecule has 0 fully saturated rings.